The third kappa shape index (κ3) is 3.93. The van der Waals surface area contributed by atoms with Crippen LogP contribution in [0.3, 0.4) is 0 Å². The second-order valence-corrected chi connectivity index (χ2v) is 8.39. The molecule has 150 valence electrons. The van der Waals surface area contributed by atoms with Crippen molar-refractivity contribution < 1.29 is 14.3 Å². The van der Waals surface area contributed by atoms with Crippen LogP contribution >= 0.6 is 11.3 Å². The number of carbonyl (C=O) groups is 1. The number of ether oxygens (including phenoxy) is 2. The highest BCUT2D eigenvalue weighted by Crippen LogP contribution is 2.35. The number of morpholine rings is 1. The second kappa shape index (κ2) is 8.00. The average molecular weight is 410 g/mol. The summed E-state index contributed by atoms with van der Waals surface area (Å²) in [5, 5.41) is 3.07. The van der Waals surface area contributed by atoms with Crippen LogP contribution in [0.4, 0.5) is 11.4 Å². The lowest BCUT2D eigenvalue weighted by atomic mass is 9.81. The zero-order chi connectivity index (χ0) is 19.6. The Balaban J connectivity index is 1.16. The van der Waals surface area contributed by atoms with Gasteiger partial charge >= 0.3 is 0 Å². The zero-order valence-electron chi connectivity index (χ0n) is 16.0. The van der Waals surface area contributed by atoms with Crippen LogP contribution in [-0.2, 0) is 9.53 Å². The molecule has 1 aromatic heterocycles. The van der Waals surface area contributed by atoms with Gasteiger partial charge in [-0.3, -0.25) is 4.79 Å². The summed E-state index contributed by atoms with van der Waals surface area (Å²) in [6, 6.07) is 14.0. The Hall–Kier alpha value is -2.64. The highest BCUT2D eigenvalue weighted by atomic mass is 32.1. The number of amides is 1. The van der Waals surface area contributed by atoms with E-state index in [-0.39, 0.29) is 17.9 Å². The molecule has 0 spiro atoms. The maximum absolute atomic E-state index is 12.6. The number of para-hydroxylation sites is 1. The van der Waals surface area contributed by atoms with E-state index in [0.717, 1.165) is 66.5 Å². The summed E-state index contributed by atoms with van der Waals surface area (Å²) in [5.74, 6) is 0.864. The van der Waals surface area contributed by atoms with Gasteiger partial charge in [-0.2, -0.15) is 0 Å². The number of hydrogen-bond donors (Lipinski definition) is 1. The van der Waals surface area contributed by atoms with Gasteiger partial charge in [-0.25, -0.2) is 4.98 Å². The van der Waals surface area contributed by atoms with Crippen LogP contribution in [-0.4, -0.2) is 43.3 Å². The van der Waals surface area contributed by atoms with Gasteiger partial charge in [0.25, 0.3) is 0 Å². The van der Waals surface area contributed by atoms with Gasteiger partial charge in [-0.15, -0.1) is 11.3 Å². The normalized spacial score (nSPS) is 21.6. The maximum atomic E-state index is 12.6. The van der Waals surface area contributed by atoms with E-state index in [2.05, 4.69) is 21.3 Å². The predicted molar refractivity (Wildman–Crippen MR) is 115 cm³/mol. The fourth-order valence-electron chi connectivity index (χ4n) is 3.86. The van der Waals surface area contributed by atoms with Crippen LogP contribution in [0.2, 0.25) is 0 Å². The van der Waals surface area contributed by atoms with Crippen LogP contribution in [0.1, 0.15) is 12.8 Å². The molecule has 1 aliphatic heterocycles. The number of nitrogens with zero attached hydrogens (tertiary/aromatic N) is 2. The molecule has 3 aromatic rings. The summed E-state index contributed by atoms with van der Waals surface area (Å²) in [6.07, 6.45) is 1.53. The maximum Gasteiger partial charge on any atom is 0.227 e. The molecule has 1 aliphatic carbocycles. The first-order chi connectivity index (χ1) is 14.3. The molecule has 1 amide bonds. The Labute approximate surface area is 173 Å². The molecule has 2 fully saturated rings. The van der Waals surface area contributed by atoms with Gasteiger partial charge in [-0.1, -0.05) is 12.1 Å². The van der Waals surface area contributed by atoms with E-state index in [4.69, 9.17) is 9.47 Å². The molecule has 5 rings (SSSR count). The summed E-state index contributed by atoms with van der Waals surface area (Å²) >= 11 is 1.61. The molecular formula is C22H23N3O3S. The minimum Gasteiger partial charge on any atom is -0.488 e. The number of fused-ring (bicyclic) bond motifs is 1. The molecule has 2 aliphatic rings. The monoisotopic (exact) mass is 409 g/mol. The van der Waals surface area contributed by atoms with Crippen molar-refractivity contribution in [3.8, 4) is 5.75 Å². The minimum absolute atomic E-state index is 0.0123. The molecule has 2 aromatic carbocycles. The summed E-state index contributed by atoms with van der Waals surface area (Å²) in [7, 11) is 0. The van der Waals surface area contributed by atoms with Gasteiger partial charge in [0.1, 0.15) is 17.4 Å². The van der Waals surface area contributed by atoms with E-state index >= 15 is 0 Å². The van der Waals surface area contributed by atoms with Crippen molar-refractivity contribution in [2.45, 2.75) is 18.9 Å². The van der Waals surface area contributed by atoms with E-state index in [1.165, 1.54) is 0 Å². The number of anilines is 2. The van der Waals surface area contributed by atoms with E-state index in [0.29, 0.717) is 0 Å². The molecule has 6 nitrogen and oxygen atoms in total. The highest BCUT2D eigenvalue weighted by molar-refractivity contribution is 7.16. The van der Waals surface area contributed by atoms with Crippen molar-refractivity contribution in [2.75, 3.05) is 36.5 Å². The lowest BCUT2D eigenvalue weighted by Gasteiger charge is -2.34. The number of hydrogen-bond acceptors (Lipinski definition) is 6. The topological polar surface area (TPSA) is 63.7 Å². The number of aromatic nitrogens is 1. The number of thiazole rings is 1. The zero-order valence-corrected chi connectivity index (χ0v) is 16.9. The number of benzene rings is 2. The first kappa shape index (κ1) is 18.4. The van der Waals surface area contributed by atoms with Gasteiger partial charge in [0, 0.05) is 30.4 Å². The lowest BCUT2D eigenvalue weighted by Crippen LogP contribution is -2.41. The van der Waals surface area contributed by atoms with Gasteiger partial charge in [-0.05, 0) is 43.2 Å². The Morgan fingerprint density at radius 1 is 1.17 bits per heavy atom. The quantitative estimate of drug-likeness (QED) is 0.692. The van der Waals surface area contributed by atoms with Crippen LogP contribution in [0.25, 0.3) is 10.2 Å². The molecule has 0 radical (unpaired) electrons. The Kier molecular flexibility index (Phi) is 5.08. The van der Waals surface area contributed by atoms with Crippen LogP contribution in [0.5, 0.6) is 5.75 Å². The van der Waals surface area contributed by atoms with Crippen LogP contribution in [0, 0.1) is 5.92 Å². The van der Waals surface area contributed by atoms with Crippen LogP contribution < -0.4 is 15.0 Å². The van der Waals surface area contributed by atoms with Gasteiger partial charge in [0.15, 0.2) is 0 Å². The fourth-order valence-corrected chi connectivity index (χ4v) is 4.55. The van der Waals surface area contributed by atoms with E-state index < -0.39 is 0 Å². The van der Waals surface area contributed by atoms with Gasteiger partial charge < -0.3 is 19.7 Å². The molecule has 7 heteroatoms. The molecule has 0 atom stereocenters. The molecule has 1 saturated heterocycles. The van der Waals surface area contributed by atoms with Crippen molar-refractivity contribution >= 4 is 38.8 Å². The molecule has 0 bridgehead atoms. The van der Waals surface area contributed by atoms with Crippen molar-refractivity contribution in [1.29, 1.82) is 0 Å². The predicted octanol–water partition coefficient (Wildman–Crippen LogP) is 3.93. The van der Waals surface area contributed by atoms with Crippen molar-refractivity contribution in [1.82, 2.24) is 4.98 Å². The molecule has 2 heterocycles. The third-order valence-corrected chi connectivity index (χ3v) is 6.37. The van der Waals surface area contributed by atoms with Crippen molar-refractivity contribution in [2.24, 2.45) is 5.92 Å². The van der Waals surface area contributed by atoms with E-state index in [1.54, 1.807) is 11.3 Å². The minimum atomic E-state index is -0.0123. The number of rotatable bonds is 5. The fraction of sp³-hybridized carbons (Fsp3) is 0.364. The molecular weight excluding hydrogens is 386 g/mol. The Morgan fingerprint density at radius 2 is 2.00 bits per heavy atom. The molecule has 1 saturated carbocycles. The van der Waals surface area contributed by atoms with Crippen molar-refractivity contribution in [3.05, 3.63) is 48.0 Å². The van der Waals surface area contributed by atoms with Gasteiger partial charge in [0.2, 0.25) is 5.91 Å². The summed E-state index contributed by atoms with van der Waals surface area (Å²) in [4.78, 5) is 19.3. The van der Waals surface area contributed by atoms with E-state index in [1.807, 2.05) is 41.9 Å². The van der Waals surface area contributed by atoms with Gasteiger partial charge in [0.05, 0.1) is 23.4 Å². The molecule has 0 unspecified atom stereocenters. The number of carbonyl (C=O) groups excluding carboxylic acids is 1. The Morgan fingerprint density at radius 3 is 2.86 bits per heavy atom. The van der Waals surface area contributed by atoms with Crippen LogP contribution in [0.15, 0.2) is 48.0 Å². The first-order valence-corrected chi connectivity index (χ1v) is 10.9. The SMILES string of the molecule is O=C(Nc1cccc(N2CCOCC2)c1)[C@H]1C[C@H](Oc2cccc3scnc23)C1. The highest BCUT2D eigenvalue weighted by Gasteiger charge is 2.36. The Bertz CT molecular complexity index is 1010. The standard InChI is InChI=1S/C22H23N3O3S/c26-22(24-16-3-1-4-17(13-16)25-7-9-27-10-8-25)15-11-18(12-15)28-19-5-2-6-20-21(19)23-14-29-20/h1-6,13-15,18H,7-12H2,(H,24,26)/t15-,18-. The molecule has 1 N–H and O–H groups in total. The number of nitrogens with one attached hydrogen (secondary N) is 1. The summed E-state index contributed by atoms with van der Waals surface area (Å²) < 4.78 is 12.6. The largest absolute Gasteiger partial charge is 0.488 e. The second-order valence-electron chi connectivity index (χ2n) is 7.50. The first-order valence-electron chi connectivity index (χ1n) is 9.99. The average Bonchev–Trinajstić information content (AvgIpc) is 3.21. The lowest BCUT2D eigenvalue weighted by molar-refractivity contribution is -0.125. The molecule has 29 heavy (non-hydrogen) atoms. The van der Waals surface area contributed by atoms with E-state index in [9.17, 15) is 4.79 Å². The summed E-state index contributed by atoms with van der Waals surface area (Å²) in [6.45, 7) is 3.25. The van der Waals surface area contributed by atoms with Crippen molar-refractivity contribution in [3.63, 3.8) is 0 Å². The third-order valence-electron chi connectivity index (χ3n) is 5.57. The summed E-state index contributed by atoms with van der Waals surface area (Å²) in [5.41, 5.74) is 4.71. The smallest absolute Gasteiger partial charge is 0.227 e.